The summed E-state index contributed by atoms with van der Waals surface area (Å²) in [5.41, 5.74) is 1.54. The van der Waals surface area contributed by atoms with Crippen molar-refractivity contribution >= 4 is 34.9 Å². The first-order chi connectivity index (χ1) is 12.0. The predicted octanol–water partition coefficient (Wildman–Crippen LogP) is 3.51. The number of halogens is 1. The Morgan fingerprint density at radius 2 is 1.64 bits per heavy atom. The summed E-state index contributed by atoms with van der Waals surface area (Å²) in [7, 11) is 0. The van der Waals surface area contributed by atoms with Gasteiger partial charge in [0.15, 0.2) is 12.4 Å². The molecule has 0 saturated carbocycles. The second-order valence-corrected chi connectivity index (χ2v) is 6.14. The minimum atomic E-state index is -0.579. The van der Waals surface area contributed by atoms with Crippen LogP contribution in [0.1, 0.15) is 33.6 Å². The fourth-order valence-electron chi connectivity index (χ4n) is 2.63. The topological polar surface area (TPSA) is 63.7 Å². The molecule has 1 aliphatic heterocycles. The molecule has 5 nitrogen and oxygen atoms in total. The molecule has 0 spiro atoms. The number of ketones is 1. The van der Waals surface area contributed by atoms with Crippen LogP contribution in [-0.4, -0.2) is 30.8 Å². The van der Waals surface area contributed by atoms with E-state index in [1.807, 2.05) is 0 Å². The van der Waals surface area contributed by atoms with E-state index in [-0.39, 0.29) is 18.3 Å². The molecule has 128 valence electrons. The van der Waals surface area contributed by atoms with E-state index in [4.69, 9.17) is 16.3 Å². The largest absolute Gasteiger partial charge is 0.454 e. The monoisotopic (exact) mass is 357 g/mol. The third-order valence-electron chi connectivity index (χ3n) is 3.99. The fraction of sp³-hybridized carbons (Fsp3) is 0.211. The molecule has 1 saturated heterocycles. The molecular weight excluding hydrogens is 342 g/mol. The lowest BCUT2D eigenvalue weighted by atomic mass is 10.1. The molecule has 1 heterocycles. The summed E-state index contributed by atoms with van der Waals surface area (Å²) >= 11 is 5.76. The minimum Gasteiger partial charge on any atom is -0.454 e. The summed E-state index contributed by atoms with van der Waals surface area (Å²) < 4.78 is 5.04. The van der Waals surface area contributed by atoms with E-state index >= 15 is 0 Å². The second kappa shape index (κ2) is 7.49. The number of nitrogens with zero attached hydrogens (tertiary/aromatic N) is 1. The number of Topliss-reactive ketones (excluding diaryl/α,β-unsaturated/α-hetero) is 1. The van der Waals surface area contributed by atoms with Gasteiger partial charge in [0.1, 0.15) is 0 Å². The Morgan fingerprint density at radius 1 is 1.00 bits per heavy atom. The number of rotatable bonds is 5. The summed E-state index contributed by atoms with van der Waals surface area (Å²) in [6.07, 6.45) is 1.40. The van der Waals surface area contributed by atoms with E-state index in [0.29, 0.717) is 29.1 Å². The zero-order valence-corrected chi connectivity index (χ0v) is 14.2. The number of hydrogen-bond acceptors (Lipinski definition) is 4. The van der Waals surface area contributed by atoms with Crippen LogP contribution in [0.25, 0.3) is 0 Å². The third kappa shape index (κ3) is 4.06. The molecule has 0 aliphatic carbocycles. The van der Waals surface area contributed by atoms with Gasteiger partial charge in [-0.1, -0.05) is 11.6 Å². The predicted molar refractivity (Wildman–Crippen MR) is 94.1 cm³/mol. The first-order valence-corrected chi connectivity index (χ1v) is 8.29. The van der Waals surface area contributed by atoms with Crippen LogP contribution in [0.4, 0.5) is 5.69 Å². The maximum atomic E-state index is 12.2. The van der Waals surface area contributed by atoms with Gasteiger partial charge < -0.3 is 9.64 Å². The number of ether oxygens (including phenoxy) is 1. The normalized spacial score (nSPS) is 13.8. The molecule has 1 fully saturated rings. The molecular formula is C19H16ClNO4. The third-order valence-corrected chi connectivity index (χ3v) is 4.24. The van der Waals surface area contributed by atoms with E-state index in [2.05, 4.69) is 0 Å². The lowest BCUT2D eigenvalue weighted by Crippen LogP contribution is -2.23. The molecule has 0 N–H and O–H groups in total. The zero-order valence-electron chi connectivity index (χ0n) is 13.4. The average Bonchev–Trinajstić information content (AvgIpc) is 3.06. The smallest absolute Gasteiger partial charge is 0.338 e. The van der Waals surface area contributed by atoms with Crippen molar-refractivity contribution in [3.63, 3.8) is 0 Å². The van der Waals surface area contributed by atoms with Crippen molar-refractivity contribution in [2.45, 2.75) is 12.8 Å². The van der Waals surface area contributed by atoms with Gasteiger partial charge in [-0.2, -0.15) is 0 Å². The van der Waals surface area contributed by atoms with Gasteiger partial charge >= 0.3 is 5.97 Å². The molecule has 25 heavy (non-hydrogen) atoms. The highest BCUT2D eigenvalue weighted by atomic mass is 35.5. The van der Waals surface area contributed by atoms with E-state index in [0.717, 1.165) is 12.1 Å². The summed E-state index contributed by atoms with van der Waals surface area (Å²) in [6, 6.07) is 13.0. The van der Waals surface area contributed by atoms with Crippen molar-refractivity contribution in [3.8, 4) is 0 Å². The molecule has 1 aliphatic rings. The van der Waals surface area contributed by atoms with Crippen molar-refractivity contribution in [2.75, 3.05) is 18.1 Å². The van der Waals surface area contributed by atoms with Crippen LogP contribution in [0.2, 0.25) is 5.02 Å². The average molecular weight is 358 g/mol. The summed E-state index contributed by atoms with van der Waals surface area (Å²) in [5.74, 6) is -0.790. The molecule has 0 atom stereocenters. The molecule has 6 heteroatoms. The van der Waals surface area contributed by atoms with Gasteiger partial charge in [0.05, 0.1) is 5.56 Å². The summed E-state index contributed by atoms with van der Waals surface area (Å²) in [4.78, 5) is 37.5. The van der Waals surface area contributed by atoms with Crippen LogP contribution in [-0.2, 0) is 9.53 Å². The number of carbonyl (C=O) groups is 3. The minimum absolute atomic E-state index is 0.0935. The van der Waals surface area contributed by atoms with Crippen molar-refractivity contribution in [1.82, 2.24) is 0 Å². The van der Waals surface area contributed by atoms with Gasteiger partial charge in [-0.15, -0.1) is 0 Å². The molecule has 1 amide bonds. The number of amides is 1. The molecule has 0 unspecified atom stereocenters. The van der Waals surface area contributed by atoms with Crippen molar-refractivity contribution in [2.24, 2.45) is 0 Å². The highest BCUT2D eigenvalue weighted by Crippen LogP contribution is 2.21. The van der Waals surface area contributed by atoms with E-state index in [1.54, 1.807) is 41.3 Å². The number of benzene rings is 2. The van der Waals surface area contributed by atoms with Crippen molar-refractivity contribution < 1.29 is 19.1 Å². The van der Waals surface area contributed by atoms with Crippen LogP contribution in [0, 0.1) is 0 Å². The highest BCUT2D eigenvalue weighted by Gasteiger charge is 2.21. The maximum Gasteiger partial charge on any atom is 0.338 e. The Morgan fingerprint density at radius 3 is 2.24 bits per heavy atom. The quantitative estimate of drug-likeness (QED) is 0.607. The van der Waals surface area contributed by atoms with Gasteiger partial charge in [-0.25, -0.2) is 4.79 Å². The van der Waals surface area contributed by atoms with Gasteiger partial charge in [0.25, 0.3) is 0 Å². The lowest BCUT2D eigenvalue weighted by Gasteiger charge is -2.15. The number of esters is 1. The van der Waals surface area contributed by atoms with Crippen LogP contribution in [0.3, 0.4) is 0 Å². The second-order valence-electron chi connectivity index (χ2n) is 5.70. The maximum absolute atomic E-state index is 12.2. The fourth-order valence-corrected chi connectivity index (χ4v) is 2.76. The lowest BCUT2D eigenvalue weighted by molar-refractivity contribution is -0.117. The number of anilines is 1. The summed E-state index contributed by atoms with van der Waals surface area (Å²) in [6.45, 7) is 0.355. The first kappa shape index (κ1) is 17.2. The molecule has 0 radical (unpaired) electrons. The molecule has 0 aromatic heterocycles. The molecule has 0 bridgehead atoms. The first-order valence-electron chi connectivity index (χ1n) is 7.91. The van der Waals surface area contributed by atoms with Crippen molar-refractivity contribution in [1.29, 1.82) is 0 Å². The SMILES string of the molecule is O=C(COC(=O)c1ccc(Cl)cc1)c1ccc(N2CCCC2=O)cc1. The molecule has 2 aromatic rings. The van der Waals surface area contributed by atoms with Crippen molar-refractivity contribution in [3.05, 3.63) is 64.7 Å². The highest BCUT2D eigenvalue weighted by molar-refractivity contribution is 6.30. The number of carbonyl (C=O) groups excluding carboxylic acids is 3. The Hall–Kier alpha value is -2.66. The van der Waals surface area contributed by atoms with Crippen LogP contribution < -0.4 is 4.90 Å². The Balaban J connectivity index is 1.58. The van der Waals surface area contributed by atoms with Gasteiger partial charge in [-0.05, 0) is 55.0 Å². The van der Waals surface area contributed by atoms with Crippen LogP contribution in [0.15, 0.2) is 48.5 Å². The van der Waals surface area contributed by atoms with E-state index in [9.17, 15) is 14.4 Å². The Labute approximate surface area is 150 Å². The van der Waals surface area contributed by atoms with E-state index in [1.165, 1.54) is 12.1 Å². The standard InChI is InChI=1S/C19H16ClNO4/c20-15-7-3-14(4-8-15)19(24)25-12-17(22)13-5-9-16(10-6-13)21-11-1-2-18(21)23/h3-10H,1-2,11-12H2. The molecule has 3 rings (SSSR count). The van der Waals surface area contributed by atoms with Crippen LogP contribution >= 0.6 is 11.6 Å². The molecule has 2 aromatic carbocycles. The van der Waals surface area contributed by atoms with E-state index < -0.39 is 5.97 Å². The van der Waals surface area contributed by atoms with Gasteiger partial charge in [0, 0.05) is 29.2 Å². The zero-order chi connectivity index (χ0) is 17.8. The van der Waals surface area contributed by atoms with Gasteiger partial charge in [0.2, 0.25) is 5.91 Å². The summed E-state index contributed by atoms with van der Waals surface area (Å²) in [5, 5.41) is 0.518. The van der Waals surface area contributed by atoms with Crippen LogP contribution in [0.5, 0.6) is 0 Å². The Kier molecular flexibility index (Phi) is 5.14. The Bertz CT molecular complexity index is 799. The van der Waals surface area contributed by atoms with Gasteiger partial charge in [-0.3, -0.25) is 9.59 Å². The number of hydrogen-bond donors (Lipinski definition) is 0.